The van der Waals surface area contributed by atoms with Crippen LogP contribution in [-0.4, -0.2) is 40.6 Å². The number of nitrogens with zero attached hydrogens (tertiary/aromatic N) is 3. The normalized spacial score (nSPS) is 16.1. The molecule has 1 saturated heterocycles. The molecule has 1 N–H and O–H groups in total. The Hall–Kier alpha value is -1.65. The minimum atomic E-state index is 0.300. The molecule has 0 unspecified atom stereocenters. The van der Waals surface area contributed by atoms with Gasteiger partial charge in [0.2, 0.25) is 0 Å². The van der Waals surface area contributed by atoms with E-state index in [0.717, 1.165) is 13.1 Å². The molecule has 0 saturated carbocycles. The number of imidazole rings is 1. The van der Waals surface area contributed by atoms with Crippen molar-refractivity contribution in [2.24, 2.45) is 5.41 Å². The van der Waals surface area contributed by atoms with E-state index >= 15 is 0 Å². The van der Waals surface area contributed by atoms with Crippen LogP contribution in [0.25, 0.3) is 5.69 Å². The first kappa shape index (κ1) is 16.2. The van der Waals surface area contributed by atoms with Gasteiger partial charge in [-0.25, -0.2) is 4.98 Å². The highest BCUT2D eigenvalue weighted by atomic mass is 15.1. The molecule has 23 heavy (non-hydrogen) atoms. The Morgan fingerprint density at radius 2 is 1.96 bits per heavy atom. The summed E-state index contributed by atoms with van der Waals surface area (Å²) in [6, 6.07) is 8.52. The molecule has 2 aromatic rings. The number of hydrogen-bond acceptors (Lipinski definition) is 3. The Kier molecular flexibility index (Phi) is 5.13. The third-order valence-corrected chi connectivity index (χ3v) is 4.54. The minimum absolute atomic E-state index is 0.300. The van der Waals surface area contributed by atoms with Gasteiger partial charge in [-0.05, 0) is 43.0 Å². The molecular weight excluding hydrogens is 284 g/mol. The number of para-hydroxylation sites is 1. The summed E-state index contributed by atoms with van der Waals surface area (Å²) in [5.74, 6) is 0. The molecule has 0 atom stereocenters. The standard InChI is InChI=1S/C19H28N4/c1-19(2,15-22-10-5-6-11-22)14-21-13-17-7-3-4-8-18(17)23-12-9-20-16-23/h3-4,7-9,12,16,21H,5-6,10-11,13-15H2,1-2H3. The lowest BCUT2D eigenvalue weighted by molar-refractivity contribution is 0.203. The van der Waals surface area contributed by atoms with Gasteiger partial charge in [-0.2, -0.15) is 0 Å². The number of aromatic nitrogens is 2. The van der Waals surface area contributed by atoms with E-state index in [9.17, 15) is 0 Å². The van der Waals surface area contributed by atoms with Crippen molar-refractivity contribution in [2.45, 2.75) is 33.2 Å². The van der Waals surface area contributed by atoms with E-state index in [-0.39, 0.29) is 0 Å². The molecule has 4 nitrogen and oxygen atoms in total. The van der Waals surface area contributed by atoms with Gasteiger partial charge in [-0.3, -0.25) is 0 Å². The van der Waals surface area contributed by atoms with Crippen LogP contribution in [0.5, 0.6) is 0 Å². The van der Waals surface area contributed by atoms with E-state index in [0.29, 0.717) is 5.41 Å². The highest BCUT2D eigenvalue weighted by Crippen LogP contribution is 2.20. The predicted octanol–water partition coefficient (Wildman–Crippen LogP) is 3.08. The monoisotopic (exact) mass is 312 g/mol. The summed E-state index contributed by atoms with van der Waals surface area (Å²) in [5.41, 5.74) is 2.81. The van der Waals surface area contributed by atoms with E-state index in [2.05, 4.69) is 57.9 Å². The van der Waals surface area contributed by atoms with Crippen molar-refractivity contribution in [1.29, 1.82) is 0 Å². The predicted molar refractivity (Wildman–Crippen MR) is 94.7 cm³/mol. The quantitative estimate of drug-likeness (QED) is 0.853. The van der Waals surface area contributed by atoms with Gasteiger partial charge in [0.05, 0.1) is 12.0 Å². The Balaban J connectivity index is 1.56. The summed E-state index contributed by atoms with van der Waals surface area (Å²) in [6.45, 7) is 10.4. The van der Waals surface area contributed by atoms with Gasteiger partial charge >= 0.3 is 0 Å². The first-order valence-corrected chi connectivity index (χ1v) is 8.63. The fraction of sp³-hybridized carbons (Fsp3) is 0.526. The molecule has 1 aliphatic rings. The van der Waals surface area contributed by atoms with Crippen molar-refractivity contribution >= 4 is 0 Å². The van der Waals surface area contributed by atoms with Crippen LogP contribution in [0.4, 0.5) is 0 Å². The van der Waals surface area contributed by atoms with Crippen LogP contribution in [-0.2, 0) is 6.54 Å². The highest BCUT2D eigenvalue weighted by Gasteiger charge is 2.23. The van der Waals surface area contributed by atoms with Crippen molar-refractivity contribution in [3.05, 3.63) is 48.5 Å². The summed E-state index contributed by atoms with van der Waals surface area (Å²) < 4.78 is 2.08. The molecule has 1 aromatic carbocycles. The van der Waals surface area contributed by atoms with Gasteiger partial charge in [0, 0.05) is 32.0 Å². The van der Waals surface area contributed by atoms with Crippen LogP contribution in [0.3, 0.4) is 0 Å². The average molecular weight is 312 g/mol. The van der Waals surface area contributed by atoms with Crippen LogP contribution in [0.15, 0.2) is 43.0 Å². The Morgan fingerprint density at radius 3 is 2.70 bits per heavy atom. The Labute approximate surface area is 139 Å². The maximum Gasteiger partial charge on any atom is 0.0991 e. The number of likely N-dealkylation sites (tertiary alicyclic amines) is 1. The second-order valence-corrected chi connectivity index (χ2v) is 7.35. The Bertz CT molecular complexity index is 598. The maximum atomic E-state index is 4.15. The molecule has 2 heterocycles. The second kappa shape index (κ2) is 7.28. The zero-order chi connectivity index (χ0) is 16.1. The van der Waals surface area contributed by atoms with Crippen LogP contribution >= 0.6 is 0 Å². The number of rotatable bonds is 7. The van der Waals surface area contributed by atoms with Crippen molar-refractivity contribution in [2.75, 3.05) is 26.2 Å². The van der Waals surface area contributed by atoms with Crippen molar-refractivity contribution in [3.63, 3.8) is 0 Å². The van der Waals surface area contributed by atoms with Gasteiger partial charge in [-0.1, -0.05) is 32.0 Å². The van der Waals surface area contributed by atoms with Gasteiger partial charge in [0.25, 0.3) is 0 Å². The van der Waals surface area contributed by atoms with Crippen LogP contribution in [0, 0.1) is 5.41 Å². The smallest absolute Gasteiger partial charge is 0.0991 e. The zero-order valence-electron chi connectivity index (χ0n) is 14.3. The second-order valence-electron chi connectivity index (χ2n) is 7.35. The number of nitrogens with one attached hydrogen (secondary N) is 1. The third-order valence-electron chi connectivity index (χ3n) is 4.54. The van der Waals surface area contributed by atoms with E-state index in [1.807, 2.05) is 18.7 Å². The molecular formula is C19H28N4. The lowest BCUT2D eigenvalue weighted by Gasteiger charge is -2.30. The number of hydrogen-bond donors (Lipinski definition) is 1. The first-order chi connectivity index (χ1) is 11.1. The molecule has 4 heteroatoms. The molecule has 0 amide bonds. The van der Waals surface area contributed by atoms with Crippen molar-refractivity contribution < 1.29 is 0 Å². The fourth-order valence-electron chi connectivity index (χ4n) is 3.45. The van der Waals surface area contributed by atoms with E-state index in [1.54, 1.807) is 0 Å². The molecule has 0 bridgehead atoms. The fourth-order valence-corrected chi connectivity index (χ4v) is 3.45. The average Bonchev–Trinajstić information content (AvgIpc) is 3.20. The lowest BCUT2D eigenvalue weighted by Crippen LogP contribution is -2.39. The molecule has 1 aliphatic heterocycles. The Morgan fingerprint density at radius 1 is 1.17 bits per heavy atom. The van der Waals surface area contributed by atoms with E-state index < -0.39 is 0 Å². The topological polar surface area (TPSA) is 33.1 Å². The van der Waals surface area contributed by atoms with Crippen molar-refractivity contribution in [1.82, 2.24) is 19.8 Å². The van der Waals surface area contributed by atoms with Gasteiger partial charge in [-0.15, -0.1) is 0 Å². The molecule has 124 valence electrons. The SMILES string of the molecule is CC(C)(CNCc1ccccc1-n1ccnc1)CN1CCCC1. The van der Waals surface area contributed by atoms with Crippen LogP contribution < -0.4 is 5.32 Å². The van der Waals surface area contributed by atoms with Crippen LogP contribution in [0.2, 0.25) is 0 Å². The molecule has 0 spiro atoms. The summed E-state index contributed by atoms with van der Waals surface area (Å²) in [6.07, 6.45) is 8.40. The first-order valence-electron chi connectivity index (χ1n) is 8.63. The van der Waals surface area contributed by atoms with Gasteiger partial charge in [0.1, 0.15) is 0 Å². The van der Waals surface area contributed by atoms with Crippen molar-refractivity contribution in [3.8, 4) is 5.69 Å². The summed E-state index contributed by atoms with van der Waals surface area (Å²) in [5, 5.41) is 3.66. The zero-order valence-corrected chi connectivity index (χ0v) is 14.3. The molecule has 0 aliphatic carbocycles. The molecule has 1 aromatic heterocycles. The van der Waals surface area contributed by atoms with Gasteiger partial charge in [0.15, 0.2) is 0 Å². The lowest BCUT2D eigenvalue weighted by atomic mass is 9.92. The van der Waals surface area contributed by atoms with Crippen LogP contribution in [0.1, 0.15) is 32.3 Å². The summed E-state index contributed by atoms with van der Waals surface area (Å²) in [4.78, 5) is 6.75. The minimum Gasteiger partial charge on any atom is -0.312 e. The van der Waals surface area contributed by atoms with Gasteiger partial charge < -0.3 is 14.8 Å². The van der Waals surface area contributed by atoms with E-state index in [4.69, 9.17) is 0 Å². The summed E-state index contributed by atoms with van der Waals surface area (Å²) >= 11 is 0. The highest BCUT2D eigenvalue weighted by molar-refractivity contribution is 5.40. The number of benzene rings is 1. The molecule has 1 fully saturated rings. The largest absolute Gasteiger partial charge is 0.312 e. The summed E-state index contributed by atoms with van der Waals surface area (Å²) in [7, 11) is 0. The molecule has 3 rings (SSSR count). The van der Waals surface area contributed by atoms with E-state index in [1.165, 1.54) is 43.7 Å². The third kappa shape index (κ3) is 4.43. The maximum absolute atomic E-state index is 4.15. The molecule has 0 radical (unpaired) electrons.